The number of aliphatic imine (C=N–C) groups is 1. The highest BCUT2D eigenvalue weighted by Crippen LogP contribution is 2.40. The summed E-state index contributed by atoms with van der Waals surface area (Å²) >= 11 is 0.924. The number of aliphatic carboxylic acids is 1. The number of carbonyl (C=O) groups is 6. The second kappa shape index (κ2) is 19.3. The average Bonchev–Trinajstić information content (AvgIpc) is 3.67. The SMILES string of the molecule is Cc1nn(C[C@@H]2[C@H](NC(=O)C(=NOC3(C(=O)O)CC3)c3csc(N)n3)C(=O)N2S(=O)(=O)O)nc1CNC(=NC(=O)OC(C)(C)C)N(CCCNC(=O)OC(C)(C)C)C(=O)OC(C)(C)C. The molecule has 2 aliphatic rings. The smallest absolute Gasteiger partial charge is 0.437 e. The molecule has 0 spiro atoms. The third kappa shape index (κ3) is 14.2. The van der Waals surface area contributed by atoms with E-state index < -0.39 is 93.1 Å². The number of nitrogens with one attached hydrogen (secondary N) is 3. The molecule has 354 valence electrons. The lowest BCUT2D eigenvalue weighted by atomic mass is 9.98. The number of alkyl carbamates (subject to hydrolysis) is 1. The molecule has 7 N–H and O–H groups in total. The molecule has 0 unspecified atom stereocenters. The molecular formula is C36H54N12O14S2. The van der Waals surface area contributed by atoms with E-state index >= 15 is 0 Å². The number of hydrogen-bond acceptors (Lipinski definition) is 18. The van der Waals surface area contributed by atoms with E-state index in [0.29, 0.717) is 0 Å². The molecule has 2 atom stereocenters. The molecule has 0 bridgehead atoms. The standard InChI is InChI=1S/C36H54N12O14S2/c1-19-20(16-39-29(42-31(54)60-34(5,6)7)46(32(55)61-35(8,9)10)15-11-14-38-30(53)59-33(2,3)4)44-47(43-19)17-22-24(26(50)48(22)64(56,57)58)41-25(49)23(21-18-63-28(37)40-21)45-62-36(12-13-36)27(51)52/h18,22,24H,11-17H2,1-10H3,(H2,37,40)(H,38,53)(H,41,49)(H,51,52)(H,39,42,54)(H,56,57,58)/t22-,24+/m1/s1. The number of β-lactam (4-membered cyclic amide) rings is 1. The average molecular weight is 943 g/mol. The largest absolute Gasteiger partial charge is 0.478 e. The van der Waals surface area contributed by atoms with Crippen molar-refractivity contribution >= 4 is 74.5 Å². The molecule has 2 aromatic heterocycles. The molecule has 5 amide bonds. The van der Waals surface area contributed by atoms with Crippen molar-refractivity contribution < 1.29 is 65.9 Å². The first-order valence-electron chi connectivity index (χ1n) is 19.6. The minimum atomic E-state index is -5.19. The predicted molar refractivity (Wildman–Crippen MR) is 225 cm³/mol. The van der Waals surface area contributed by atoms with Crippen molar-refractivity contribution in [2.24, 2.45) is 10.1 Å². The van der Waals surface area contributed by atoms with Gasteiger partial charge in [-0.05, 0) is 75.7 Å². The van der Waals surface area contributed by atoms with Crippen molar-refractivity contribution in [3.8, 4) is 0 Å². The quantitative estimate of drug-likeness (QED) is 0.0281. The van der Waals surface area contributed by atoms with Crippen LogP contribution in [0.25, 0.3) is 0 Å². The molecule has 2 fully saturated rings. The van der Waals surface area contributed by atoms with Crippen molar-refractivity contribution in [3.05, 3.63) is 22.5 Å². The van der Waals surface area contributed by atoms with Crippen LogP contribution in [0, 0.1) is 6.92 Å². The van der Waals surface area contributed by atoms with Gasteiger partial charge in [0, 0.05) is 31.3 Å². The summed E-state index contributed by atoms with van der Waals surface area (Å²) in [4.78, 5) is 92.6. The number of carbonyl (C=O) groups excluding carboxylic acids is 5. The number of carboxylic acid groups (broad SMARTS) is 1. The van der Waals surface area contributed by atoms with Crippen molar-refractivity contribution in [2.75, 3.05) is 18.8 Å². The fourth-order valence-corrected chi connectivity index (χ4v) is 6.91. The van der Waals surface area contributed by atoms with Crippen LogP contribution in [0.4, 0.5) is 19.5 Å². The maximum absolute atomic E-state index is 13.6. The van der Waals surface area contributed by atoms with Crippen molar-refractivity contribution in [2.45, 2.75) is 136 Å². The van der Waals surface area contributed by atoms with Crippen LogP contribution in [0.15, 0.2) is 15.5 Å². The number of guanidine groups is 1. The number of aromatic nitrogens is 4. The third-order valence-electron chi connectivity index (χ3n) is 8.46. The van der Waals surface area contributed by atoms with E-state index in [0.717, 1.165) is 21.0 Å². The number of thiazole rings is 1. The minimum absolute atomic E-state index is 0.0174. The van der Waals surface area contributed by atoms with E-state index in [2.05, 4.69) is 41.3 Å². The molecule has 0 radical (unpaired) electrons. The molecule has 4 rings (SSSR count). The Bertz CT molecular complexity index is 2290. The Hall–Kier alpha value is -6.16. The van der Waals surface area contributed by atoms with Crippen LogP contribution in [-0.2, 0) is 56.8 Å². The highest BCUT2D eigenvalue weighted by atomic mass is 32.2. The highest BCUT2D eigenvalue weighted by Gasteiger charge is 2.56. The number of ether oxygens (including phenoxy) is 3. The summed E-state index contributed by atoms with van der Waals surface area (Å²) in [5, 5.41) is 31.1. The summed E-state index contributed by atoms with van der Waals surface area (Å²) in [5.74, 6) is -4.01. The lowest BCUT2D eigenvalue weighted by Crippen LogP contribution is -2.73. The Balaban J connectivity index is 1.59. The number of oxime groups is 1. The lowest BCUT2D eigenvalue weighted by molar-refractivity contribution is -0.153. The zero-order chi connectivity index (χ0) is 48.2. The van der Waals surface area contributed by atoms with Crippen LogP contribution in [-0.4, -0.2) is 143 Å². The van der Waals surface area contributed by atoms with Crippen molar-refractivity contribution in [1.29, 1.82) is 0 Å². The second-order valence-corrected chi connectivity index (χ2v) is 19.7. The van der Waals surface area contributed by atoms with E-state index in [1.807, 2.05) is 0 Å². The first-order valence-corrected chi connectivity index (χ1v) is 21.9. The summed E-state index contributed by atoms with van der Waals surface area (Å²) in [6.45, 7) is 15.4. The lowest BCUT2D eigenvalue weighted by Gasteiger charge is -2.43. The van der Waals surface area contributed by atoms with Gasteiger partial charge in [0.05, 0.1) is 18.8 Å². The van der Waals surface area contributed by atoms with Gasteiger partial charge in [-0.2, -0.15) is 23.4 Å². The molecule has 64 heavy (non-hydrogen) atoms. The Morgan fingerprint density at radius 2 is 1.62 bits per heavy atom. The summed E-state index contributed by atoms with van der Waals surface area (Å²) in [6.07, 6.45) is -2.34. The Labute approximate surface area is 372 Å². The summed E-state index contributed by atoms with van der Waals surface area (Å²) < 4.78 is 51.0. The van der Waals surface area contributed by atoms with Gasteiger partial charge in [0.2, 0.25) is 11.6 Å². The second-order valence-electron chi connectivity index (χ2n) is 17.5. The van der Waals surface area contributed by atoms with E-state index in [1.54, 1.807) is 62.3 Å². The van der Waals surface area contributed by atoms with Crippen molar-refractivity contribution in [1.82, 2.24) is 45.1 Å². The summed E-state index contributed by atoms with van der Waals surface area (Å²) in [6, 6.07) is -3.14. The number of hydrogen-bond donors (Lipinski definition) is 6. The van der Waals surface area contributed by atoms with Gasteiger partial charge in [-0.25, -0.2) is 33.4 Å². The van der Waals surface area contributed by atoms with Crippen LogP contribution in [0.3, 0.4) is 0 Å². The molecule has 26 nitrogen and oxygen atoms in total. The molecule has 28 heteroatoms. The molecule has 1 saturated carbocycles. The van der Waals surface area contributed by atoms with Gasteiger partial charge in [-0.15, -0.1) is 16.3 Å². The number of nitrogen functional groups attached to an aromatic ring is 1. The zero-order valence-electron chi connectivity index (χ0n) is 36.9. The Kier molecular flexibility index (Phi) is 15.2. The first-order chi connectivity index (χ1) is 29.4. The maximum Gasteiger partial charge on any atom is 0.437 e. The van der Waals surface area contributed by atoms with Crippen molar-refractivity contribution in [3.63, 3.8) is 0 Å². The Morgan fingerprint density at radius 1 is 1.00 bits per heavy atom. The molecule has 1 saturated heterocycles. The van der Waals surface area contributed by atoms with Gasteiger partial charge in [0.1, 0.15) is 40.3 Å². The number of nitrogens with two attached hydrogens (primary N) is 1. The maximum atomic E-state index is 13.6. The minimum Gasteiger partial charge on any atom is -0.478 e. The summed E-state index contributed by atoms with van der Waals surface area (Å²) in [5.41, 5.74) is 1.03. The molecular weight excluding hydrogens is 889 g/mol. The van der Waals surface area contributed by atoms with E-state index in [-0.39, 0.29) is 71.4 Å². The molecule has 1 aliphatic heterocycles. The number of amides is 5. The zero-order valence-corrected chi connectivity index (χ0v) is 38.6. The number of nitrogens with zero attached hydrogens (tertiary/aromatic N) is 8. The van der Waals surface area contributed by atoms with Gasteiger partial charge >= 0.3 is 34.6 Å². The normalized spacial score (nSPS) is 17.7. The number of aryl methyl sites for hydroxylation is 1. The summed E-state index contributed by atoms with van der Waals surface area (Å²) in [7, 11) is -5.19. The van der Waals surface area contributed by atoms with Crippen LogP contribution in [0.5, 0.6) is 0 Å². The van der Waals surface area contributed by atoms with Crippen LogP contribution in [0.1, 0.15) is 98.7 Å². The predicted octanol–water partition coefficient (Wildman–Crippen LogP) is 1.69. The molecule has 0 aromatic carbocycles. The van der Waals surface area contributed by atoms with Crippen LogP contribution >= 0.6 is 11.3 Å². The molecule has 1 aliphatic carbocycles. The van der Waals surface area contributed by atoms with E-state index in [4.69, 9.17) is 24.8 Å². The first kappa shape index (κ1) is 50.5. The van der Waals surface area contributed by atoms with Gasteiger partial charge in [-0.3, -0.25) is 14.1 Å². The van der Waals surface area contributed by atoms with Gasteiger partial charge < -0.3 is 45.8 Å². The number of anilines is 1. The molecule has 3 heterocycles. The van der Waals surface area contributed by atoms with E-state index in [9.17, 15) is 46.8 Å². The Morgan fingerprint density at radius 3 is 2.16 bits per heavy atom. The number of carboxylic acids is 1. The van der Waals surface area contributed by atoms with Gasteiger partial charge in [0.15, 0.2) is 10.8 Å². The fraction of sp³-hybridized carbons (Fsp3) is 0.639. The van der Waals surface area contributed by atoms with Gasteiger partial charge in [0.25, 0.3) is 11.8 Å². The molecule has 2 aromatic rings. The highest BCUT2D eigenvalue weighted by molar-refractivity contribution is 7.84. The monoisotopic (exact) mass is 942 g/mol. The van der Waals surface area contributed by atoms with Crippen LogP contribution < -0.4 is 21.7 Å². The van der Waals surface area contributed by atoms with Crippen LogP contribution in [0.2, 0.25) is 0 Å². The third-order valence-corrected chi connectivity index (χ3v) is 10.1. The fourth-order valence-electron chi connectivity index (χ4n) is 5.49. The topological polar surface area (TPSA) is 351 Å². The van der Waals surface area contributed by atoms with Gasteiger partial charge in [-0.1, -0.05) is 5.16 Å². The van der Waals surface area contributed by atoms with E-state index in [1.165, 1.54) is 12.3 Å². The number of rotatable bonds is 15.